The molecule has 2 aromatic rings. The second-order valence-corrected chi connectivity index (χ2v) is 10.3. The second kappa shape index (κ2) is 24.7. The molecule has 3 atom stereocenters. The number of Topliss-reactive ketones (excluding diaryl/α,β-unsaturated/α-hetero) is 1. The predicted molar refractivity (Wildman–Crippen MR) is 165 cm³/mol. The molecular formula is C32H45BF2N2NaO7. The van der Waals surface area contributed by atoms with Crippen LogP contribution in [0.2, 0.25) is 0 Å². The number of rotatable bonds is 4. The van der Waals surface area contributed by atoms with Crippen molar-refractivity contribution < 1.29 is 73.8 Å². The number of halogens is 2. The van der Waals surface area contributed by atoms with Crippen LogP contribution >= 0.6 is 0 Å². The van der Waals surface area contributed by atoms with E-state index in [-0.39, 0.29) is 78.7 Å². The number of carbonyl (C=O) groups excluding carboxylic acids is 3. The first-order chi connectivity index (χ1) is 20.7. The summed E-state index contributed by atoms with van der Waals surface area (Å²) in [5.41, 5.74) is 1.77. The van der Waals surface area contributed by atoms with Crippen molar-refractivity contribution in [2.75, 3.05) is 32.8 Å². The largest absolute Gasteiger partial charge is 1.00 e. The zero-order valence-electron chi connectivity index (χ0n) is 27.4. The molecule has 0 aromatic heterocycles. The second-order valence-electron chi connectivity index (χ2n) is 10.3. The molecule has 45 heavy (non-hydrogen) atoms. The Kier molecular flexibility index (Phi) is 23.3. The summed E-state index contributed by atoms with van der Waals surface area (Å²) in [5, 5.41) is 17.1. The monoisotopic (exact) mass is 641 g/mol. The van der Waals surface area contributed by atoms with Crippen LogP contribution in [0.1, 0.15) is 58.0 Å². The smallest absolute Gasteiger partial charge is 1.00 e. The maximum atomic E-state index is 13.7. The number of ether oxygens (including phenoxy) is 2. The van der Waals surface area contributed by atoms with Crippen molar-refractivity contribution in [2.45, 2.75) is 77.1 Å². The first kappa shape index (κ1) is 42.5. The Morgan fingerprint density at radius 3 is 1.78 bits per heavy atom. The number of alkyl halides is 2. The minimum absolute atomic E-state index is 0. The van der Waals surface area contributed by atoms with Crippen LogP contribution in [0.3, 0.4) is 0 Å². The van der Waals surface area contributed by atoms with Crippen LogP contribution in [-0.2, 0) is 27.5 Å². The predicted octanol–water partition coefficient (Wildman–Crippen LogP) is 1.96. The molecule has 2 heterocycles. The quantitative estimate of drug-likeness (QED) is 0.491. The fourth-order valence-electron chi connectivity index (χ4n) is 4.36. The number of benzene rings is 2. The normalized spacial score (nSPS) is 19.9. The van der Waals surface area contributed by atoms with Crippen LogP contribution in [-0.4, -0.2) is 97.6 Å². The summed E-state index contributed by atoms with van der Waals surface area (Å²) in [5.74, 6) is -0.425. The molecule has 243 valence electrons. The third-order valence-electron chi connectivity index (χ3n) is 6.75. The Balaban J connectivity index is 0. The van der Waals surface area contributed by atoms with Gasteiger partial charge in [0.25, 0.3) is 0 Å². The van der Waals surface area contributed by atoms with Crippen molar-refractivity contribution >= 4 is 26.4 Å². The van der Waals surface area contributed by atoms with Crippen LogP contribution in [0.25, 0.3) is 0 Å². The first-order valence-corrected chi connectivity index (χ1v) is 14.8. The van der Waals surface area contributed by atoms with Gasteiger partial charge in [0, 0.05) is 34.5 Å². The van der Waals surface area contributed by atoms with Gasteiger partial charge in [-0.1, -0.05) is 60.7 Å². The molecule has 13 heteroatoms. The number of aliphatic hydroxyl groups is 2. The Labute approximate surface area is 290 Å². The van der Waals surface area contributed by atoms with Crippen LogP contribution in [0.4, 0.5) is 18.4 Å². The Morgan fingerprint density at radius 2 is 1.29 bits per heavy atom. The minimum atomic E-state index is -1.60. The van der Waals surface area contributed by atoms with Gasteiger partial charge in [-0.05, 0) is 50.2 Å². The number of nitrogens with zero attached hydrogens (tertiary/aromatic N) is 2. The minimum Gasteiger partial charge on any atom is -1.00 e. The maximum absolute atomic E-state index is 13.7. The van der Waals surface area contributed by atoms with Crippen LogP contribution in [0, 0.1) is 0 Å². The van der Waals surface area contributed by atoms with Gasteiger partial charge in [-0.3, -0.25) is 4.79 Å². The standard InChI is InChI=1S/C15H20FNO3.C15H18FNO3.C2H6O.B.Na.H/c2*16-13-10-17(9-5-4-8-14(13)18)15(19)20-11-12-6-2-1-3-7-12;1-2-3;;;/h1-3,6-7,13-14,18H,4-5,8-11H2;1-3,6-7,13H,4-5,8-11H2;3H,2H2,1H3;;;/q;;;;+1;-1. The van der Waals surface area contributed by atoms with Gasteiger partial charge in [-0.2, -0.15) is 0 Å². The summed E-state index contributed by atoms with van der Waals surface area (Å²) in [6.07, 6.45) is -1.59. The molecule has 9 nitrogen and oxygen atoms in total. The molecule has 0 aliphatic carbocycles. The summed E-state index contributed by atoms with van der Waals surface area (Å²) in [6.45, 7) is 2.86. The van der Waals surface area contributed by atoms with Gasteiger partial charge in [-0.15, -0.1) is 0 Å². The van der Waals surface area contributed by atoms with Crippen molar-refractivity contribution in [3.8, 4) is 0 Å². The van der Waals surface area contributed by atoms with E-state index in [4.69, 9.17) is 14.6 Å². The molecule has 2 fully saturated rings. The van der Waals surface area contributed by atoms with Crippen molar-refractivity contribution in [1.82, 2.24) is 9.80 Å². The van der Waals surface area contributed by atoms with E-state index in [2.05, 4.69) is 0 Å². The van der Waals surface area contributed by atoms with Crippen LogP contribution in [0.5, 0.6) is 0 Å². The zero-order chi connectivity index (χ0) is 31.5. The Hall–Kier alpha value is -2.51. The van der Waals surface area contributed by atoms with Crippen molar-refractivity contribution in [1.29, 1.82) is 0 Å². The van der Waals surface area contributed by atoms with E-state index in [9.17, 15) is 28.3 Å². The Morgan fingerprint density at radius 1 is 0.844 bits per heavy atom. The fourth-order valence-corrected chi connectivity index (χ4v) is 4.36. The molecule has 0 spiro atoms. The number of likely N-dealkylation sites (tertiary alicyclic amines) is 2. The number of hydrogen-bond donors (Lipinski definition) is 2. The number of aliphatic hydroxyl groups excluding tert-OH is 2. The first-order valence-electron chi connectivity index (χ1n) is 14.8. The summed E-state index contributed by atoms with van der Waals surface area (Å²) < 4.78 is 37.6. The zero-order valence-corrected chi connectivity index (χ0v) is 28.4. The summed E-state index contributed by atoms with van der Waals surface area (Å²) in [6, 6.07) is 18.6. The molecule has 2 aromatic carbocycles. The van der Waals surface area contributed by atoms with Crippen molar-refractivity contribution in [3.63, 3.8) is 0 Å². The van der Waals surface area contributed by atoms with Crippen molar-refractivity contribution in [3.05, 3.63) is 71.8 Å². The van der Waals surface area contributed by atoms with E-state index < -0.39 is 36.4 Å². The van der Waals surface area contributed by atoms with E-state index in [1.165, 1.54) is 9.80 Å². The van der Waals surface area contributed by atoms with Gasteiger partial charge in [0.1, 0.15) is 19.4 Å². The van der Waals surface area contributed by atoms with E-state index in [1.54, 1.807) is 6.92 Å². The molecule has 2 N–H and O–H groups in total. The molecule has 2 amide bonds. The van der Waals surface area contributed by atoms with Gasteiger partial charge in [0.2, 0.25) is 0 Å². The summed E-state index contributed by atoms with van der Waals surface area (Å²) in [7, 11) is 0. The van der Waals surface area contributed by atoms with Gasteiger partial charge in [-0.25, -0.2) is 18.4 Å². The molecule has 2 aliphatic rings. The summed E-state index contributed by atoms with van der Waals surface area (Å²) >= 11 is 0. The number of carbonyl (C=O) groups is 3. The molecule has 2 aliphatic heterocycles. The van der Waals surface area contributed by atoms with Crippen molar-refractivity contribution in [2.24, 2.45) is 0 Å². The number of amides is 2. The Bertz CT molecular complexity index is 1100. The fraction of sp³-hybridized carbons (Fsp3) is 0.531. The average Bonchev–Trinajstić information content (AvgIpc) is 3.01. The topological polar surface area (TPSA) is 117 Å². The van der Waals surface area contributed by atoms with Gasteiger partial charge >= 0.3 is 41.7 Å². The third kappa shape index (κ3) is 17.1. The molecular weight excluding hydrogens is 596 g/mol. The average molecular weight is 642 g/mol. The molecule has 3 unspecified atom stereocenters. The van der Waals surface area contributed by atoms with Crippen LogP contribution < -0.4 is 29.6 Å². The third-order valence-corrected chi connectivity index (χ3v) is 6.75. The molecule has 0 bridgehead atoms. The van der Waals surface area contributed by atoms with Gasteiger partial charge in [0.05, 0.1) is 19.2 Å². The number of ketones is 1. The van der Waals surface area contributed by atoms with E-state index in [0.29, 0.717) is 38.8 Å². The maximum Gasteiger partial charge on any atom is 1.00 e. The number of hydrogen-bond acceptors (Lipinski definition) is 7. The van der Waals surface area contributed by atoms with Gasteiger partial charge < -0.3 is 30.9 Å². The van der Waals surface area contributed by atoms with E-state index in [1.807, 2.05) is 60.7 Å². The SMILES string of the molecule is CCO.O=C(OCc1ccccc1)N1CCCCC(O)C(F)C1.O=C1CCCCN(C(=O)OCc2ccccc2)CC1F.[B].[H-].[Na+]. The van der Waals surface area contributed by atoms with Crippen LogP contribution in [0.15, 0.2) is 60.7 Å². The molecule has 2 saturated heterocycles. The molecule has 3 radical (unpaired) electrons. The van der Waals surface area contributed by atoms with Gasteiger partial charge in [0.15, 0.2) is 12.0 Å². The molecule has 0 saturated carbocycles. The summed E-state index contributed by atoms with van der Waals surface area (Å²) in [4.78, 5) is 37.8. The molecule has 4 rings (SSSR count). The van der Waals surface area contributed by atoms with E-state index in [0.717, 1.165) is 17.5 Å². The van der Waals surface area contributed by atoms with E-state index >= 15 is 0 Å².